The quantitative estimate of drug-likeness (QED) is 0.490. The normalized spacial score (nSPS) is 9.42. The molecular formula is C6H10O4S2. The first-order valence-electron chi connectivity index (χ1n) is 3.23. The number of carbonyl (C=O) groups is 1. The molecule has 0 aliphatic rings. The predicted molar refractivity (Wildman–Crippen MR) is 50.9 cm³/mol. The van der Waals surface area contributed by atoms with Crippen molar-refractivity contribution >= 4 is 35.9 Å². The Morgan fingerprint density at radius 1 is 1.50 bits per heavy atom. The topological polar surface area (TPSA) is 55.8 Å². The van der Waals surface area contributed by atoms with Crippen LogP contribution in [0.5, 0.6) is 0 Å². The number of ether oxygens (including phenoxy) is 2. The Balaban J connectivity index is 3.25. The lowest BCUT2D eigenvalue weighted by Crippen LogP contribution is -2.15. The molecule has 1 N–H and O–H groups in total. The van der Waals surface area contributed by atoms with Crippen LogP contribution in [-0.4, -0.2) is 41.7 Å². The van der Waals surface area contributed by atoms with Crippen LogP contribution in [-0.2, 0) is 14.3 Å². The van der Waals surface area contributed by atoms with E-state index in [1.54, 1.807) is 0 Å². The van der Waals surface area contributed by atoms with Gasteiger partial charge >= 0.3 is 5.97 Å². The van der Waals surface area contributed by atoms with E-state index in [9.17, 15) is 4.79 Å². The molecule has 0 fully saturated rings. The number of thiol groups is 1. The van der Waals surface area contributed by atoms with Gasteiger partial charge < -0.3 is 14.6 Å². The van der Waals surface area contributed by atoms with Crippen LogP contribution in [0.3, 0.4) is 0 Å². The van der Waals surface area contributed by atoms with Crippen LogP contribution in [0, 0.1) is 0 Å². The fourth-order valence-corrected chi connectivity index (χ4v) is 0.681. The van der Waals surface area contributed by atoms with Crippen LogP contribution in [0.4, 0.5) is 0 Å². The van der Waals surface area contributed by atoms with Crippen molar-refractivity contribution in [3.8, 4) is 0 Å². The lowest BCUT2D eigenvalue weighted by atomic mass is 10.7. The zero-order chi connectivity index (χ0) is 9.40. The van der Waals surface area contributed by atoms with E-state index in [1.807, 2.05) is 0 Å². The number of carboxylic acid groups (broad SMARTS) is 1. The minimum atomic E-state index is -1.02. The van der Waals surface area contributed by atoms with E-state index in [-0.39, 0.29) is 18.3 Å². The Bertz CT molecular complexity index is 160. The molecule has 12 heavy (non-hydrogen) atoms. The Hall–Kier alpha value is -0.330. The second kappa shape index (κ2) is 7.33. The molecular weight excluding hydrogens is 200 g/mol. The van der Waals surface area contributed by atoms with Gasteiger partial charge in [0, 0.05) is 5.75 Å². The molecule has 0 bridgehead atoms. The van der Waals surface area contributed by atoms with Gasteiger partial charge in [0.2, 0.25) is 0 Å². The summed E-state index contributed by atoms with van der Waals surface area (Å²) >= 11 is 8.60. The van der Waals surface area contributed by atoms with E-state index >= 15 is 0 Å². The lowest BCUT2D eigenvalue weighted by molar-refractivity contribution is -0.141. The van der Waals surface area contributed by atoms with Gasteiger partial charge in [-0.3, -0.25) is 0 Å². The van der Waals surface area contributed by atoms with Gasteiger partial charge in [-0.15, -0.1) is 0 Å². The summed E-state index contributed by atoms with van der Waals surface area (Å²) in [5, 5.41) is 8.44. The van der Waals surface area contributed by atoms with Gasteiger partial charge in [0.05, 0.1) is 6.61 Å². The molecule has 0 aliphatic heterocycles. The molecule has 0 amide bonds. The minimum Gasteiger partial charge on any atom is -0.484 e. The third kappa shape index (κ3) is 7.77. The average Bonchev–Trinajstić information content (AvgIpc) is 2.00. The molecule has 0 heterocycles. The van der Waals surface area contributed by atoms with Crippen LogP contribution in [0.25, 0.3) is 0 Å². The van der Waals surface area contributed by atoms with E-state index < -0.39 is 5.97 Å². The highest BCUT2D eigenvalue weighted by molar-refractivity contribution is 7.80. The summed E-state index contributed by atoms with van der Waals surface area (Å²) in [6.45, 7) is 0.0954. The first-order chi connectivity index (χ1) is 5.66. The van der Waals surface area contributed by atoms with Crippen molar-refractivity contribution in [2.75, 3.05) is 25.6 Å². The number of carboxylic acids is 1. The number of hydrogen-bond acceptors (Lipinski definition) is 5. The number of thiocarbonyl (C=S) groups is 1. The fraction of sp³-hybridized carbons (Fsp3) is 0.667. The van der Waals surface area contributed by atoms with Crippen molar-refractivity contribution in [3.63, 3.8) is 0 Å². The molecule has 0 atom stereocenters. The molecule has 0 saturated heterocycles. The van der Waals surface area contributed by atoms with Crippen LogP contribution in [0.15, 0.2) is 0 Å². The first kappa shape index (κ1) is 11.7. The second-order valence-corrected chi connectivity index (χ2v) is 2.73. The Labute approximate surface area is 81.3 Å². The number of aliphatic carboxylic acids is 1. The molecule has 4 nitrogen and oxygen atoms in total. The smallest absolute Gasteiger partial charge is 0.329 e. The number of hydrogen-bond donors (Lipinski definition) is 2. The predicted octanol–water partition coefficient (Wildman–Crippen LogP) is 0.361. The maximum atomic E-state index is 9.97. The lowest BCUT2D eigenvalue weighted by Gasteiger charge is -2.04. The Morgan fingerprint density at radius 3 is 2.67 bits per heavy atom. The van der Waals surface area contributed by atoms with Crippen LogP contribution in [0.1, 0.15) is 0 Å². The molecule has 0 unspecified atom stereocenters. The van der Waals surface area contributed by atoms with Crippen molar-refractivity contribution in [2.24, 2.45) is 0 Å². The van der Waals surface area contributed by atoms with E-state index in [0.29, 0.717) is 12.4 Å². The highest BCUT2D eigenvalue weighted by Gasteiger charge is 2.00. The summed E-state index contributed by atoms with van der Waals surface area (Å²) in [7, 11) is 0. The van der Waals surface area contributed by atoms with E-state index in [0.717, 1.165) is 0 Å². The highest BCUT2D eigenvalue weighted by atomic mass is 32.1. The molecule has 0 aromatic carbocycles. The largest absolute Gasteiger partial charge is 0.484 e. The van der Waals surface area contributed by atoms with Crippen LogP contribution in [0.2, 0.25) is 0 Å². The van der Waals surface area contributed by atoms with E-state index in [1.165, 1.54) is 0 Å². The van der Waals surface area contributed by atoms with Crippen molar-refractivity contribution in [1.82, 2.24) is 0 Å². The van der Waals surface area contributed by atoms with Crippen molar-refractivity contribution < 1.29 is 19.4 Å². The molecule has 6 heteroatoms. The van der Waals surface area contributed by atoms with Crippen LogP contribution < -0.4 is 0 Å². The van der Waals surface area contributed by atoms with Gasteiger partial charge in [-0.1, -0.05) is 0 Å². The van der Waals surface area contributed by atoms with E-state index in [4.69, 9.17) is 22.1 Å². The summed E-state index contributed by atoms with van der Waals surface area (Å²) in [6.07, 6.45) is 0. The summed E-state index contributed by atoms with van der Waals surface area (Å²) in [6, 6.07) is 0. The first-order valence-corrected chi connectivity index (χ1v) is 4.27. The molecule has 0 spiro atoms. The average molecular weight is 210 g/mol. The molecule has 0 rings (SSSR count). The molecule has 0 aromatic rings. The van der Waals surface area contributed by atoms with Crippen molar-refractivity contribution in [1.29, 1.82) is 0 Å². The second-order valence-electron chi connectivity index (χ2n) is 1.83. The van der Waals surface area contributed by atoms with Gasteiger partial charge in [-0.2, -0.15) is 12.6 Å². The number of rotatable bonds is 6. The van der Waals surface area contributed by atoms with Crippen molar-refractivity contribution in [3.05, 3.63) is 0 Å². The minimum absolute atomic E-state index is 0.0371. The molecule has 0 aliphatic carbocycles. The maximum Gasteiger partial charge on any atom is 0.329 e. The Morgan fingerprint density at radius 2 is 2.17 bits per heavy atom. The van der Waals surface area contributed by atoms with E-state index in [2.05, 4.69) is 17.4 Å². The summed E-state index contributed by atoms with van der Waals surface area (Å²) in [4.78, 5) is 9.97. The van der Waals surface area contributed by atoms with Crippen LogP contribution >= 0.6 is 24.8 Å². The summed E-state index contributed by atoms with van der Waals surface area (Å²) in [5.41, 5.74) is 0. The molecule has 0 radical (unpaired) electrons. The molecule has 70 valence electrons. The molecule has 0 saturated carbocycles. The summed E-state index contributed by atoms with van der Waals surface area (Å²) in [5.74, 6) is -0.453. The van der Waals surface area contributed by atoms with Crippen molar-refractivity contribution in [2.45, 2.75) is 0 Å². The maximum absolute atomic E-state index is 9.97. The van der Waals surface area contributed by atoms with Gasteiger partial charge in [0.25, 0.3) is 0 Å². The highest BCUT2D eigenvalue weighted by Crippen LogP contribution is 1.86. The third-order valence-electron chi connectivity index (χ3n) is 0.800. The third-order valence-corrected chi connectivity index (χ3v) is 1.22. The zero-order valence-electron chi connectivity index (χ0n) is 6.36. The van der Waals surface area contributed by atoms with Gasteiger partial charge in [0.15, 0.2) is 5.05 Å². The van der Waals surface area contributed by atoms with Gasteiger partial charge in [-0.05, 0) is 12.2 Å². The Kier molecular flexibility index (Phi) is 7.12. The van der Waals surface area contributed by atoms with Gasteiger partial charge in [-0.25, -0.2) is 4.79 Å². The summed E-state index contributed by atoms with van der Waals surface area (Å²) < 4.78 is 9.57. The zero-order valence-corrected chi connectivity index (χ0v) is 8.07. The standard InChI is InChI=1S/C6H10O4S2/c7-5(8)3-9-4-6(12)10-1-2-11/h11H,1-4H2,(H,7,8). The fourth-order valence-electron chi connectivity index (χ4n) is 0.423. The molecule has 0 aromatic heterocycles. The SMILES string of the molecule is O=C(O)COCC(=S)OCCS. The monoisotopic (exact) mass is 210 g/mol. The van der Waals surface area contributed by atoms with Gasteiger partial charge in [0.1, 0.15) is 13.2 Å².